The lowest BCUT2D eigenvalue weighted by Crippen LogP contribution is -2.00. The minimum atomic E-state index is -0.957. The standard InChI is InChI=1S/C11H12O2/c1-3-9-6-4-5-7-10(9)8(2)11(12)13/h4-7H,2-3H2,1H3,(H,12,13). The molecule has 0 heterocycles. The highest BCUT2D eigenvalue weighted by molar-refractivity contribution is 6.14. The van der Waals surface area contributed by atoms with E-state index < -0.39 is 5.97 Å². The van der Waals surface area contributed by atoms with Crippen LogP contribution in [0.3, 0.4) is 0 Å². The molecular weight excluding hydrogens is 164 g/mol. The molecule has 0 amide bonds. The van der Waals surface area contributed by atoms with Crippen molar-refractivity contribution in [1.82, 2.24) is 0 Å². The van der Waals surface area contributed by atoms with Crippen molar-refractivity contribution in [2.24, 2.45) is 0 Å². The topological polar surface area (TPSA) is 37.3 Å². The van der Waals surface area contributed by atoms with Gasteiger partial charge in [-0.25, -0.2) is 4.79 Å². The summed E-state index contributed by atoms with van der Waals surface area (Å²) in [6, 6.07) is 7.43. The minimum Gasteiger partial charge on any atom is -0.478 e. The van der Waals surface area contributed by atoms with Gasteiger partial charge < -0.3 is 5.11 Å². The molecule has 0 atom stereocenters. The number of rotatable bonds is 3. The van der Waals surface area contributed by atoms with Crippen molar-refractivity contribution in [3.05, 3.63) is 42.0 Å². The monoisotopic (exact) mass is 176 g/mol. The molecule has 1 rings (SSSR count). The van der Waals surface area contributed by atoms with E-state index in [1.165, 1.54) is 0 Å². The van der Waals surface area contributed by atoms with Crippen LogP contribution >= 0.6 is 0 Å². The molecule has 0 bridgehead atoms. The Morgan fingerprint density at radius 3 is 2.62 bits per heavy atom. The van der Waals surface area contributed by atoms with Crippen LogP contribution < -0.4 is 0 Å². The van der Waals surface area contributed by atoms with Crippen LogP contribution in [-0.2, 0) is 11.2 Å². The Bertz CT molecular complexity index is 340. The highest BCUT2D eigenvalue weighted by Crippen LogP contribution is 2.17. The Balaban J connectivity index is 3.13. The molecule has 2 nitrogen and oxygen atoms in total. The first-order valence-electron chi connectivity index (χ1n) is 4.17. The first-order chi connectivity index (χ1) is 6.16. The van der Waals surface area contributed by atoms with Gasteiger partial charge in [-0.15, -0.1) is 0 Å². The van der Waals surface area contributed by atoms with Gasteiger partial charge in [0.15, 0.2) is 0 Å². The molecule has 0 spiro atoms. The molecule has 0 radical (unpaired) electrons. The molecule has 68 valence electrons. The molecule has 1 N–H and O–H groups in total. The van der Waals surface area contributed by atoms with E-state index in [0.29, 0.717) is 0 Å². The fourth-order valence-electron chi connectivity index (χ4n) is 1.24. The molecule has 0 aliphatic heterocycles. The van der Waals surface area contributed by atoms with Gasteiger partial charge in [0.2, 0.25) is 0 Å². The zero-order chi connectivity index (χ0) is 9.84. The van der Waals surface area contributed by atoms with Gasteiger partial charge in [0.25, 0.3) is 0 Å². The summed E-state index contributed by atoms with van der Waals surface area (Å²) in [5.74, 6) is -0.957. The molecule has 13 heavy (non-hydrogen) atoms. The van der Waals surface area contributed by atoms with Gasteiger partial charge in [-0.3, -0.25) is 0 Å². The molecular formula is C11H12O2. The average Bonchev–Trinajstić information content (AvgIpc) is 2.16. The second kappa shape index (κ2) is 3.90. The van der Waals surface area contributed by atoms with Gasteiger partial charge >= 0.3 is 5.97 Å². The number of benzene rings is 1. The van der Waals surface area contributed by atoms with E-state index in [9.17, 15) is 4.79 Å². The Hall–Kier alpha value is -1.57. The number of hydrogen-bond donors (Lipinski definition) is 1. The SMILES string of the molecule is C=C(C(=O)O)c1ccccc1CC. The van der Waals surface area contributed by atoms with Gasteiger partial charge in [-0.1, -0.05) is 37.8 Å². The highest BCUT2D eigenvalue weighted by Gasteiger charge is 2.09. The van der Waals surface area contributed by atoms with Gasteiger partial charge in [0.1, 0.15) is 0 Å². The largest absolute Gasteiger partial charge is 0.478 e. The molecule has 0 unspecified atom stereocenters. The Morgan fingerprint density at radius 2 is 2.08 bits per heavy atom. The molecule has 0 saturated carbocycles. The number of aryl methyl sites for hydroxylation is 1. The van der Waals surface area contributed by atoms with E-state index in [1.54, 1.807) is 6.07 Å². The van der Waals surface area contributed by atoms with Crippen LogP contribution in [0.5, 0.6) is 0 Å². The summed E-state index contributed by atoms with van der Waals surface area (Å²) in [4.78, 5) is 10.7. The number of carbonyl (C=O) groups is 1. The lowest BCUT2D eigenvalue weighted by molar-refractivity contribution is -0.130. The summed E-state index contributed by atoms with van der Waals surface area (Å²) in [6.07, 6.45) is 0.822. The fourth-order valence-corrected chi connectivity index (χ4v) is 1.24. The summed E-state index contributed by atoms with van der Waals surface area (Å²) >= 11 is 0. The third-order valence-corrected chi connectivity index (χ3v) is 1.98. The first-order valence-corrected chi connectivity index (χ1v) is 4.17. The van der Waals surface area contributed by atoms with Gasteiger partial charge in [0, 0.05) is 0 Å². The molecule has 1 aromatic rings. The van der Waals surface area contributed by atoms with E-state index in [2.05, 4.69) is 6.58 Å². The first kappa shape index (κ1) is 9.52. The van der Waals surface area contributed by atoms with E-state index in [4.69, 9.17) is 5.11 Å². The lowest BCUT2D eigenvalue weighted by atomic mass is 9.99. The average molecular weight is 176 g/mol. The molecule has 0 fully saturated rings. The maximum absolute atomic E-state index is 10.7. The molecule has 1 aromatic carbocycles. The van der Waals surface area contributed by atoms with E-state index in [0.717, 1.165) is 17.5 Å². The van der Waals surface area contributed by atoms with Crippen LogP contribution in [0.1, 0.15) is 18.1 Å². The second-order valence-electron chi connectivity index (χ2n) is 2.79. The number of hydrogen-bond acceptors (Lipinski definition) is 1. The predicted molar refractivity (Wildman–Crippen MR) is 52.5 cm³/mol. The van der Waals surface area contributed by atoms with E-state index in [-0.39, 0.29) is 5.57 Å². The van der Waals surface area contributed by atoms with Crippen molar-refractivity contribution in [3.8, 4) is 0 Å². The number of carboxylic acid groups (broad SMARTS) is 1. The van der Waals surface area contributed by atoms with Crippen LogP contribution in [0.2, 0.25) is 0 Å². The van der Waals surface area contributed by atoms with Crippen LogP contribution in [0, 0.1) is 0 Å². The molecule has 0 saturated heterocycles. The van der Waals surface area contributed by atoms with Crippen LogP contribution in [0.4, 0.5) is 0 Å². The summed E-state index contributed by atoms with van der Waals surface area (Å²) in [6.45, 7) is 5.53. The number of aliphatic carboxylic acids is 1. The highest BCUT2D eigenvalue weighted by atomic mass is 16.4. The Labute approximate surface area is 77.5 Å². The third-order valence-electron chi connectivity index (χ3n) is 1.98. The summed E-state index contributed by atoms with van der Waals surface area (Å²) < 4.78 is 0. The zero-order valence-electron chi connectivity index (χ0n) is 7.58. The molecule has 0 aromatic heterocycles. The summed E-state index contributed by atoms with van der Waals surface area (Å²) in [5.41, 5.74) is 1.92. The zero-order valence-corrected chi connectivity index (χ0v) is 7.58. The lowest BCUT2D eigenvalue weighted by Gasteiger charge is -2.06. The van der Waals surface area contributed by atoms with Gasteiger partial charge in [-0.2, -0.15) is 0 Å². The van der Waals surface area contributed by atoms with Crippen molar-refractivity contribution in [2.75, 3.05) is 0 Å². The summed E-state index contributed by atoms with van der Waals surface area (Å²) in [7, 11) is 0. The van der Waals surface area contributed by atoms with E-state index in [1.807, 2.05) is 25.1 Å². The predicted octanol–water partition coefficient (Wildman–Crippen LogP) is 2.35. The smallest absolute Gasteiger partial charge is 0.335 e. The maximum Gasteiger partial charge on any atom is 0.335 e. The quantitative estimate of drug-likeness (QED) is 0.718. The van der Waals surface area contributed by atoms with Gasteiger partial charge in [-0.05, 0) is 17.5 Å². The van der Waals surface area contributed by atoms with Crippen LogP contribution in [0.25, 0.3) is 5.57 Å². The van der Waals surface area contributed by atoms with Crippen LogP contribution in [0.15, 0.2) is 30.8 Å². The van der Waals surface area contributed by atoms with Crippen molar-refractivity contribution in [3.63, 3.8) is 0 Å². The molecule has 2 heteroatoms. The van der Waals surface area contributed by atoms with Crippen molar-refractivity contribution >= 4 is 11.5 Å². The number of carboxylic acids is 1. The normalized spacial score (nSPS) is 9.62. The van der Waals surface area contributed by atoms with Crippen molar-refractivity contribution in [2.45, 2.75) is 13.3 Å². The van der Waals surface area contributed by atoms with Crippen LogP contribution in [-0.4, -0.2) is 11.1 Å². The maximum atomic E-state index is 10.7. The molecule has 0 aliphatic rings. The second-order valence-corrected chi connectivity index (χ2v) is 2.79. The Morgan fingerprint density at radius 1 is 1.46 bits per heavy atom. The minimum absolute atomic E-state index is 0.164. The fraction of sp³-hybridized carbons (Fsp3) is 0.182. The van der Waals surface area contributed by atoms with Crippen molar-refractivity contribution in [1.29, 1.82) is 0 Å². The third kappa shape index (κ3) is 1.96. The Kier molecular flexibility index (Phi) is 2.85. The van der Waals surface area contributed by atoms with Gasteiger partial charge in [0.05, 0.1) is 5.57 Å². The molecule has 0 aliphatic carbocycles. The van der Waals surface area contributed by atoms with Crippen molar-refractivity contribution < 1.29 is 9.90 Å². The summed E-state index contributed by atoms with van der Waals surface area (Å²) in [5, 5.41) is 8.76. The van der Waals surface area contributed by atoms with E-state index >= 15 is 0 Å².